The van der Waals surface area contributed by atoms with Crippen molar-refractivity contribution in [2.45, 2.75) is 0 Å². The molecule has 0 atom stereocenters. The SMILES string of the molecule is Nc1cccc2c(C#CCS)cccc12. The van der Waals surface area contributed by atoms with Crippen LogP contribution in [0.5, 0.6) is 0 Å². The lowest BCUT2D eigenvalue weighted by Gasteiger charge is -2.03. The lowest BCUT2D eigenvalue weighted by molar-refractivity contribution is 1.69. The molecule has 2 N–H and O–H groups in total. The highest BCUT2D eigenvalue weighted by Crippen LogP contribution is 2.23. The van der Waals surface area contributed by atoms with E-state index in [1.54, 1.807) is 0 Å². The Morgan fingerprint density at radius 3 is 2.60 bits per heavy atom. The molecule has 0 spiro atoms. The number of hydrogen-bond donors (Lipinski definition) is 2. The van der Waals surface area contributed by atoms with E-state index >= 15 is 0 Å². The molecule has 1 nitrogen and oxygen atoms in total. The zero-order valence-corrected chi connectivity index (χ0v) is 9.09. The average molecular weight is 213 g/mol. The van der Waals surface area contributed by atoms with Crippen molar-refractivity contribution in [3.8, 4) is 11.8 Å². The average Bonchev–Trinajstić information content (AvgIpc) is 2.27. The summed E-state index contributed by atoms with van der Waals surface area (Å²) in [5.41, 5.74) is 7.69. The van der Waals surface area contributed by atoms with E-state index in [4.69, 9.17) is 5.73 Å². The predicted octanol–water partition coefficient (Wildman–Crippen LogP) is 2.70. The van der Waals surface area contributed by atoms with Gasteiger partial charge >= 0.3 is 0 Å². The minimum atomic E-state index is 0.568. The van der Waals surface area contributed by atoms with Gasteiger partial charge < -0.3 is 5.73 Å². The molecule has 2 aromatic rings. The summed E-state index contributed by atoms with van der Waals surface area (Å²) in [5.74, 6) is 6.60. The Morgan fingerprint density at radius 1 is 1.07 bits per heavy atom. The molecule has 0 unspecified atom stereocenters. The molecule has 2 heteroatoms. The molecular formula is C13H11NS. The summed E-state index contributed by atoms with van der Waals surface area (Å²) in [4.78, 5) is 0. The van der Waals surface area contributed by atoms with Crippen LogP contribution >= 0.6 is 12.6 Å². The molecule has 74 valence electrons. The van der Waals surface area contributed by atoms with Gasteiger partial charge in [-0.05, 0) is 17.5 Å². The van der Waals surface area contributed by atoms with Crippen LogP contribution in [0.2, 0.25) is 0 Å². The number of rotatable bonds is 0. The lowest BCUT2D eigenvalue weighted by Crippen LogP contribution is -1.87. The number of hydrogen-bond acceptors (Lipinski definition) is 2. The highest BCUT2D eigenvalue weighted by molar-refractivity contribution is 7.80. The van der Waals surface area contributed by atoms with Crippen molar-refractivity contribution < 1.29 is 0 Å². The number of benzene rings is 2. The summed E-state index contributed by atoms with van der Waals surface area (Å²) in [6.45, 7) is 0. The first-order valence-electron chi connectivity index (χ1n) is 4.70. The third-order valence-corrected chi connectivity index (χ3v) is 2.42. The van der Waals surface area contributed by atoms with Crippen LogP contribution in [0.3, 0.4) is 0 Å². The number of thiol groups is 1. The molecular weight excluding hydrogens is 202 g/mol. The second-order valence-electron chi connectivity index (χ2n) is 3.21. The second-order valence-corrected chi connectivity index (χ2v) is 3.52. The Hall–Kier alpha value is -1.59. The van der Waals surface area contributed by atoms with E-state index in [0.717, 1.165) is 22.0 Å². The lowest BCUT2D eigenvalue weighted by atomic mass is 10.0. The third kappa shape index (κ3) is 1.93. The topological polar surface area (TPSA) is 26.0 Å². The Kier molecular flexibility index (Phi) is 2.84. The van der Waals surface area contributed by atoms with Gasteiger partial charge in [-0.15, -0.1) is 0 Å². The highest BCUT2D eigenvalue weighted by atomic mass is 32.1. The number of anilines is 1. The smallest absolute Gasteiger partial charge is 0.0521 e. The summed E-state index contributed by atoms with van der Waals surface area (Å²) in [7, 11) is 0. The fraction of sp³-hybridized carbons (Fsp3) is 0.0769. The van der Waals surface area contributed by atoms with Crippen LogP contribution in [0.4, 0.5) is 5.69 Å². The van der Waals surface area contributed by atoms with E-state index in [0.29, 0.717) is 5.75 Å². The van der Waals surface area contributed by atoms with Crippen molar-refractivity contribution in [1.29, 1.82) is 0 Å². The van der Waals surface area contributed by atoms with Gasteiger partial charge in [0.1, 0.15) is 0 Å². The Bertz CT molecular complexity index is 549. The van der Waals surface area contributed by atoms with Crippen LogP contribution in [0, 0.1) is 11.8 Å². The van der Waals surface area contributed by atoms with E-state index in [1.807, 2.05) is 36.4 Å². The molecule has 0 heterocycles. The van der Waals surface area contributed by atoms with Gasteiger partial charge in [-0.2, -0.15) is 12.6 Å². The summed E-state index contributed by atoms with van der Waals surface area (Å²) in [6, 6.07) is 11.9. The molecule has 0 aliphatic heterocycles. The maximum absolute atomic E-state index is 5.89. The van der Waals surface area contributed by atoms with Gasteiger partial charge in [-0.1, -0.05) is 36.1 Å². The first-order valence-corrected chi connectivity index (χ1v) is 5.33. The Balaban J connectivity index is 2.71. The summed E-state index contributed by atoms with van der Waals surface area (Å²) in [6.07, 6.45) is 0. The molecule has 0 amide bonds. The van der Waals surface area contributed by atoms with E-state index in [9.17, 15) is 0 Å². The Labute approximate surface area is 94.7 Å². The normalized spacial score (nSPS) is 9.67. The van der Waals surface area contributed by atoms with Gasteiger partial charge in [0.05, 0.1) is 5.75 Å². The molecule has 0 aliphatic carbocycles. The maximum Gasteiger partial charge on any atom is 0.0521 e. The quantitative estimate of drug-likeness (QED) is 0.393. The summed E-state index contributed by atoms with van der Waals surface area (Å²) in [5, 5.41) is 2.16. The molecule has 2 rings (SSSR count). The zero-order chi connectivity index (χ0) is 10.7. The van der Waals surface area contributed by atoms with Crippen molar-refractivity contribution in [3.05, 3.63) is 42.0 Å². The van der Waals surface area contributed by atoms with Crippen molar-refractivity contribution in [1.82, 2.24) is 0 Å². The minimum Gasteiger partial charge on any atom is -0.398 e. The van der Waals surface area contributed by atoms with Crippen LogP contribution in [-0.2, 0) is 0 Å². The van der Waals surface area contributed by atoms with Crippen LogP contribution in [0.15, 0.2) is 36.4 Å². The highest BCUT2D eigenvalue weighted by Gasteiger charge is 1.99. The van der Waals surface area contributed by atoms with Crippen LogP contribution < -0.4 is 5.73 Å². The van der Waals surface area contributed by atoms with Gasteiger partial charge in [-0.25, -0.2) is 0 Å². The molecule has 0 saturated carbocycles. The monoisotopic (exact) mass is 213 g/mol. The second kappa shape index (κ2) is 4.29. The predicted molar refractivity (Wildman–Crippen MR) is 69.1 cm³/mol. The van der Waals surface area contributed by atoms with Crippen molar-refractivity contribution in [2.24, 2.45) is 0 Å². The fourth-order valence-electron chi connectivity index (χ4n) is 1.58. The van der Waals surface area contributed by atoms with E-state index in [-0.39, 0.29) is 0 Å². The van der Waals surface area contributed by atoms with Crippen LogP contribution in [0.1, 0.15) is 5.56 Å². The van der Waals surface area contributed by atoms with Gasteiger partial charge in [0.15, 0.2) is 0 Å². The van der Waals surface area contributed by atoms with E-state index in [1.165, 1.54) is 0 Å². The summed E-state index contributed by atoms with van der Waals surface area (Å²) >= 11 is 4.07. The molecule has 0 fully saturated rings. The largest absolute Gasteiger partial charge is 0.398 e. The molecule has 15 heavy (non-hydrogen) atoms. The van der Waals surface area contributed by atoms with Crippen molar-refractivity contribution in [3.63, 3.8) is 0 Å². The van der Waals surface area contributed by atoms with Crippen molar-refractivity contribution in [2.75, 3.05) is 11.5 Å². The van der Waals surface area contributed by atoms with Crippen molar-refractivity contribution >= 4 is 29.1 Å². The molecule has 0 radical (unpaired) electrons. The standard InChI is InChI=1S/C13H11NS/c14-13-8-2-6-11-10(5-3-9-15)4-1-7-12(11)13/h1-2,4,6-8,15H,9,14H2. The van der Waals surface area contributed by atoms with Gasteiger partial charge in [0.2, 0.25) is 0 Å². The zero-order valence-electron chi connectivity index (χ0n) is 8.20. The summed E-state index contributed by atoms with van der Waals surface area (Å²) < 4.78 is 0. The fourth-order valence-corrected chi connectivity index (χ4v) is 1.66. The minimum absolute atomic E-state index is 0.568. The molecule has 0 aliphatic rings. The maximum atomic E-state index is 5.89. The number of nitrogens with two attached hydrogens (primary N) is 1. The molecule has 0 saturated heterocycles. The molecule has 0 bridgehead atoms. The first-order chi connectivity index (χ1) is 7.33. The Morgan fingerprint density at radius 2 is 1.80 bits per heavy atom. The van der Waals surface area contributed by atoms with Gasteiger partial charge in [-0.3, -0.25) is 0 Å². The first kappa shape index (κ1) is 9.95. The van der Waals surface area contributed by atoms with E-state index < -0.39 is 0 Å². The van der Waals surface area contributed by atoms with Gasteiger partial charge in [0, 0.05) is 16.6 Å². The van der Waals surface area contributed by atoms with Gasteiger partial charge in [0.25, 0.3) is 0 Å². The third-order valence-electron chi connectivity index (χ3n) is 2.26. The number of nitrogen functional groups attached to an aromatic ring is 1. The van der Waals surface area contributed by atoms with Crippen LogP contribution in [0.25, 0.3) is 10.8 Å². The van der Waals surface area contributed by atoms with E-state index in [2.05, 4.69) is 24.5 Å². The molecule has 0 aromatic heterocycles. The molecule has 2 aromatic carbocycles. The number of fused-ring (bicyclic) bond motifs is 1. The van der Waals surface area contributed by atoms with Crippen LogP contribution in [-0.4, -0.2) is 5.75 Å².